The molecule has 0 heterocycles. The fourth-order valence-electron chi connectivity index (χ4n) is 8.81. The highest BCUT2D eigenvalue weighted by molar-refractivity contribution is 5.78. The van der Waals surface area contributed by atoms with Gasteiger partial charge in [0.1, 0.15) is 5.78 Å². The van der Waals surface area contributed by atoms with Gasteiger partial charge < -0.3 is 0 Å². The molecule has 0 aromatic rings. The quantitative estimate of drug-likeness (QED) is 0.433. The molecule has 0 saturated heterocycles. The van der Waals surface area contributed by atoms with E-state index in [1.807, 2.05) is 0 Å². The number of rotatable bonds is 6. The molecule has 4 aliphatic carbocycles. The Balaban J connectivity index is 1.49. The van der Waals surface area contributed by atoms with E-state index < -0.39 is 0 Å². The van der Waals surface area contributed by atoms with Crippen molar-refractivity contribution in [3.05, 3.63) is 23.8 Å². The first-order valence-electron chi connectivity index (χ1n) is 13.1. The lowest BCUT2D eigenvalue weighted by Gasteiger charge is -2.56. The smallest absolute Gasteiger partial charge is 0.133 e. The lowest BCUT2D eigenvalue weighted by Crippen LogP contribution is -2.49. The molecule has 1 heteroatoms. The molecular formula is C29H46O. The molecule has 0 amide bonds. The molecule has 8 atom stereocenters. The Bertz CT molecular complexity index is 714. The number of ketones is 1. The number of hydrogen-bond donors (Lipinski definition) is 0. The van der Waals surface area contributed by atoms with E-state index in [0.717, 1.165) is 36.0 Å². The number of fused-ring (bicyclic) bond motifs is 5. The van der Waals surface area contributed by atoms with Gasteiger partial charge in [0.25, 0.3) is 0 Å². The van der Waals surface area contributed by atoms with Gasteiger partial charge in [-0.3, -0.25) is 4.79 Å². The van der Waals surface area contributed by atoms with E-state index in [2.05, 4.69) is 52.8 Å². The Morgan fingerprint density at radius 2 is 1.83 bits per heavy atom. The SMILES string of the molecule is CC(=O)[C@H](CC[C@@H](C)[C@H]1CC[C@H]2[C@@H]3C=CC4=CCCC[C@]4(C)[C@H]3CC[C@]12C)C(C)C. The molecule has 0 N–H and O–H groups in total. The molecule has 0 spiro atoms. The average molecular weight is 411 g/mol. The minimum atomic E-state index is 0.255. The van der Waals surface area contributed by atoms with Crippen molar-refractivity contribution in [3.63, 3.8) is 0 Å². The van der Waals surface area contributed by atoms with E-state index in [-0.39, 0.29) is 5.92 Å². The van der Waals surface area contributed by atoms with Crippen molar-refractivity contribution in [1.82, 2.24) is 0 Å². The van der Waals surface area contributed by atoms with Crippen molar-refractivity contribution in [2.45, 2.75) is 99.3 Å². The summed E-state index contributed by atoms with van der Waals surface area (Å²) in [6, 6.07) is 0. The molecule has 4 rings (SSSR count). The van der Waals surface area contributed by atoms with E-state index in [1.54, 1.807) is 12.5 Å². The highest BCUT2D eigenvalue weighted by Gasteiger charge is 2.58. The molecular weight excluding hydrogens is 364 g/mol. The fourth-order valence-corrected chi connectivity index (χ4v) is 8.81. The molecule has 0 aliphatic heterocycles. The van der Waals surface area contributed by atoms with Crippen molar-refractivity contribution in [2.24, 2.45) is 52.3 Å². The van der Waals surface area contributed by atoms with Crippen LogP contribution in [0.5, 0.6) is 0 Å². The van der Waals surface area contributed by atoms with Gasteiger partial charge in [-0.05, 0) is 117 Å². The van der Waals surface area contributed by atoms with Crippen LogP contribution >= 0.6 is 0 Å². The first-order valence-corrected chi connectivity index (χ1v) is 13.1. The Morgan fingerprint density at radius 3 is 2.53 bits per heavy atom. The number of carbonyl (C=O) groups is 1. The van der Waals surface area contributed by atoms with Crippen LogP contribution in [-0.4, -0.2) is 5.78 Å². The zero-order chi connectivity index (χ0) is 21.7. The second kappa shape index (κ2) is 8.25. The molecule has 0 bridgehead atoms. The summed E-state index contributed by atoms with van der Waals surface area (Å²) >= 11 is 0. The van der Waals surface area contributed by atoms with E-state index in [1.165, 1.54) is 51.4 Å². The molecule has 4 aliphatic rings. The number of hydrogen-bond acceptors (Lipinski definition) is 1. The molecule has 2 saturated carbocycles. The third-order valence-electron chi connectivity index (χ3n) is 10.6. The first-order chi connectivity index (χ1) is 14.2. The summed E-state index contributed by atoms with van der Waals surface area (Å²) in [5.41, 5.74) is 2.60. The summed E-state index contributed by atoms with van der Waals surface area (Å²) in [6.07, 6.45) is 19.8. The van der Waals surface area contributed by atoms with Crippen molar-refractivity contribution in [1.29, 1.82) is 0 Å². The van der Waals surface area contributed by atoms with Crippen LogP contribution in [0.15, 0.2) is 23.8 Å². The third-order valence-corrected chi connectivity index (χ3v) is 10.6. The maximum absolute atomic E-state index is 12.1. The minimum absolute atomic E-state index is 0.255. The van der Waals surface area contributed by atoms with Gasteiger partial charge in [-0.1, -0.05) is 52.8 Å². The largest absolute Gasteiger partial charge is 0.300 e. The highest BCUT2D eigenvalue weighted by Crippen LogP contribution is 2.66. The standard InChI is InChI=1S/C29H46O/c1-19(2)23(21(4)30)12-10-20(3)25-14-15-26-24-13-11-22-9-7-8-17-28(22,5)27(24)16-18-29(25,26)6/h9,11,13,19-20,23-27H,7-8,10,12,14-18H2,1-6H3/t20-,23-,24+,25-,26+,27+,28+,29-/m1/s1. The Labute approximate surface area is 186 Å². The van der Waals surface area contributed by atoms with Gasteiger partial charge in [-0.2, -0.15) is 0 Å². The van der Waals surface area contributed by atoms with Crippen LogP contribution < -0.4 is 0 Å². The maximum Gasteiger partial charge on any atom is 0.133 e. The molecule has 30 heavy (non-hydrogen) atoms. The van der Waals surface area contributed by atoms with Crippen molar-refractivity contribution in [2.75, 3.05) is 0 Å². The van der Waals surface area contributed by atoms with Crippen LogP contribution in [0, 0.1) is 52.3 Å². The monoisotopic (exact) mass is 410 g/mol. The summed E-state index contributed by atoms with van der Waals surface area (Å²) in [6.45, 7) is 14.0. The van der Waals surface area contributed by atoms with Crippen LogP contribution in [0.2, 0.25) is 0 Å². The number of allylic oxidation sites excluding steroid dienone is 4. The predicted octanol–water partition coefficient (Wildman–Crippen LogP) is 8.01. The van der Waals surface area contributed by atoms with Crippen molar-refractivity contribution < 1.29 is 4.79 Å². The predicted molar refractivity (Wildman–Crippen MR) is 127 cm³/mol. The summed E-state index contributed by atoms with van der Waals surface area (Å²) in [5.74, 6) is 5.23. The second-order valence-electron chi connectivity index (χ2n) is 12.4. The van der Waals surface area contributed by atoms with Crippen LogP contribution in [-0.2, 0) is 4.79 Å². The topological polar surface area (TPSA) is 17.1 Å². The maximum atomic E-state index is 12.1. The molecule has 0 aromatic carbocycles. The van der Waals surface area contributed by atoms with E-state index in [0.29, 0.717) is 22.5 Å². The van der Waals surface area contributed by atoms with Gasteiger partial charge in [0.15, 0.2) is 0 Å². The summed E-state index contributed by atoms with van der Waals surface area (Å²) in [4.78, 5) is 12.1. The van der Waals surface area contributed by atoms with Gasteiger partial charge in [0.05, 0.1) is 0 Å². The zero-order valence-electron chi connectivity index (χ0n) is 20.5. The summed E-state index contributed by atoms with van der Waals surface area (Å²) in [5, 5.41) is 0. The Hall–Kier alpha value is -0.850. The fraction of sp³-hybridized carbons (Fsp3) is 0.828. The molecule has 1 nitrogen and oxygen atoms in total. The van der Waals surface area contributed by atoms with Gasteiger partial charge in [-0.25, -0.2) is 0 Å². The molecule has 2 fully saturated rings. The molecule has 0 unspecified atom stereocenters. The van der Waals surface area contributed by atoms with E-state index in [9.17, 15) is 4.79 Å². The average Bonchev–Trinajstić information content (AvgIpc) is 3.04. The Kier molecular flexibility index (Phi) is 6.15. The minimum Gasteiger partial charge on any atom is -0.300 e. The number of carbonyl (C=O) groups excluding carboxylic acids is 1. The van der Waals surface area contributed by atoms with Crippen LogP contribution in [0.25, 0.3) is 0 Å². The molecule has 0 aromatic heterocycles. The highest BCUT2D eigenvalue weighted by atomic mass is 16.1. The summed E-state index contributed by atoms with van der Waals surface area (Å²) < 4.78 is 0. The van der Waals surface area contributed by atoms with Crippen molar-refractivity contribution >= 4 is 5.78 Å². The lowest BCUT2D eigenvalue weighted by atomic mass is 9.48. The first kappa shape index (κ1) is 22.3. The normalized spacial score (nSPS) is 42.2. The third kappa shape index (κ3) is 3.57. The zero-order valence-corrected chi connectivity index (χ0v) is 20.5. The van der Waals surface area contributed by atoms with Crippen LogP contribution in [0.3, 0.4) is 0 Å². The Morgan fingerprint density at radius 1 is 1.07 bits per heavy atom. The van der Waals surface area contributed by atoms with Crippen LogP contribution in [0.1, 0.15) is 99.3 Å². The van der Waals surface area contributed by atoms with Gasteiger partial charge in [0.2, 0.25) is 0 Å². The second-order valence-corrected chi connectivity index (χ2v) is 12.4. The van der Waals surface area contributed by atoms with E-state index in [4.69, 9.17) is 0 Å². The van der Waals surface area contributed by atoms with Gasteiger partial charge >= 0.3 is 0 Å². The molecule has 0 radical (unpaired) electrons. The van der Waals surface area contributed by atoms with Gasteiger partial charge in [0, 0.05) is 5.92 Å². The van der Waals surface area contributed by atoms with Gasteiger partial charge in [-0.15, -0.1) is 0 Å². The molecule has 168 valence electrons. The summed E-state index contributed by atoms with van der Waals surface area (Å²) in [7, 11) is 0. The van der Waals surface area contributed by atoms with Crippen molar-refractivity contribution in [3.8, 4) is 0 Å². The lowest BCUT2D eigenvalue weighted by molar-refractivity contribution is -0.122. The van der Waals surface area contributed by atoms with Crippen LogP contribution in [0.4, 0.5) is 0 Å². The number of Topliss-reactive ketones (excluding diaryl/α,β-unsaturated/α-hetero) is 1. The van der Waals surface area contributed by atoms with E-state index >= 15 is 0 Å².